The Bertz CT molecular complexity index is 1130. The molecule has 0 unspecified atom stereocenters. The predicted octanol–water partition coefficient (Wildman–Crippen LogP) is 4.69. The fraction of sp³-hybridized carbons (Fsp3) is 0.182. The lowest BCUT2D eigenvalue weighted by Gasteiger charge is -2.13. The third-order valence-corrected chi connectivity index (χ3v) is 5.55. The van der Waals surface area contributed by atoms with Gasteiger partial charge in [0.1, 0.15) is 22.1 Å². The molecule has 0 radical (unpaired) electrons. The van der Waals surface area contributed by atoms with Crippen LogP contribution < -0.4 is 18.9 Å². The van der Waals surface area contributed by atoms with Gasteiger partial charge in [-0.3, -0.25) is 10.1 Å². The zero-order valence-corrected chi connectivity index (χ0v) is 17.7. The van der Waals surface area contributed by atoms with Crippen molar-refractivity contribution in [3.8, 4) is 17.2 Å². The van der Waals surface area contributed by atoms with Crippen molar-refractivity contribution in [2.24, 2.45) is 0 Å². The summed E-state index contributed by atoms with van der Waals surface area (Å²) in [5.41, 5.74) is 2.97. The van der Waals surface area contributed by atoms with Crippen LogP contribution in [0.15, 0.2) is 59.6 Å². The first kappa shape index (κ1) is 19.9. The second kappa shape index (κ2) is 8.96. The van der Waals surface area contributed by atoms with Gasteiger partial charge in [-0.15, -0.1) is 0 Å². The van der Waals surface area contributed by atoms with Gasteiger partial charge in [0.15, 0.2) is 5.82 Å². The van der Waals surface area contributed by atoms with Crippen molar-refractivity contribution in [2.45, 2.75) is 11.3 Å². The van der Waals surface area contributed by atoms with Gasteiger partial charge >= 0.3 is 0 Å². The van der Waals surface area contributed by atoms with Gasteiger partial charge in [-0.25, -0.2) is 0 Å². The zero-order chi connectivity index (χ0) is 20.9. The van der Waals surface area contributed by atoms with Crippen molar-refractivity contribution in [1.29, 1.82) is 0 Å². The summed E-state index contributed by atoms with van der Waals surface area (Å²) in [7, 11) is 4.93. The molecule has 0 bridgehead atoms. The number of fused-ring (bicyclic) bond motifs is 1. The average molecular weight is 423 g/mol. The molecule has 0 aliphatic carbocycles. The first-order valence-electron chi connectivity index (χ1n) is 9.32. The van der Waals surface area contributed by atoms with Gasteiger partial charge in [-0.05, 0) is 53.9 Å². The highest BCUT2D eigenvalue weighted by Gasteiger charge is 2.16. The number of pyridine rings is 1. The number of methoxy groups -OCH3 is 3. The van der Waals surface area contributed by atoms with E-state index in [1.54, 1.807) is 27.5 Å². The van der Waals surface area contributed by atoms with Gasteiger partial charge in [0.2, 0.25) is 0 Å². The summed E-state index contributed by atoms with van der Waals surface area (Å²) in [5.74, 6) is 2.85. The molecule has 7 nitrogen and oxygen atoms in total. The molecule has 0 amide bonds. The molecule has 2 heterocycles. The number of rotatable bonds is 8. The molecule has 0 saturated heterocycles. The molecule has 0 atom stereocenters. The minimum atomic E-state index is 0.671. The number of nitrogens with zero attached hydrogens (tertiary/aromatic N) is 2. The van der Waals surface area contributed by atoms with E-state index >= 15 is 0 Å². The molecule has 0 aliphatic heterocycles. The second-order valence-corrected chi connectivity index (χ2v) is 7.30. The Balaban J connectivity index is 1.63. The van der Waals surface area contributed by atoms with Gasteiger partial charge in [0.05, 0.1) is 32.2 Å². The maximum absolute atomic E-state index is 5.67. The highest BCUT2D eigenvalue weighted by Crippen LogP contribution is 2.40. The van der Waals surface area contributed by atoms with Crippen molar-refractivity contribution < 1.29 is 14.2 Å². The number of anilines is 1. The number of hydrogen-bond donors (Lipinski definition) is 2. The number of nitrogens with one attached hydrogen (secondary N) is 2. The van der Waals surface area contributed by atoms with Crippen molar-refractivity contribution in [2.75, 3.05) is 26.1 Å². The number of aromatic amines is 1. The number of H-pyrrole nitrogens is 1. The molecule has 0 aliphatic rings. The Morgan fingerprint density at radius 2 is 1.70 bits per heavy atom. The molecule has 30 heavy (non-hydrogen) atoms. The van der Waals surface area contributed by atoms with E-state index in [1.807, 2.05) is 42.5 Å². The molecule has 8 heteroatoms. The van der Waals surface area contributed by atoms with Gasteiger partial charge in [0.25, 0.3) is 0 Å². The van der Waals surface area contributed by atoms with Gasteiger partial charge < -0.3 is 18.9 Å². The second-order valence-electron chi connectivity index (χ2n) is 6.49. The minimum absolute atomic E-state index is 0.671. The molecule has 4 aromatic rings. The van der Waals surface area contributed by atoms with E-state index < -0.39 is 0 Å². The van der Waals surface area contributed by atoms with Gasteiger partial charge in [-0.1, -0.05) is 12.1 Å². The van der Waals surface area contributed by atoms with Gasteiger partial charge in [-0.2, -0.15) is 5.10 Å². The van der Waals surface area contributed by atoms with Crippen LogP contribution in [0, 0.1) is 0 Å². The summed E-state index contributed by atoms with van der Waals surface area (Å²) in [6.45, 7) is 0. The molecular weight excluding hydrogens is 400 g/mol. The van der Waals surface area contributed by atoms with Crippen LogP contribution in [0.3, 0.4) is 0 Å². The molecular formula is C22H22N4O3S. The zero-order valence-electron chi connectivity index (χ0n) is 16.9. The number of aromatic nitrogens is 3. The van der Waals surface area contributed by atoms with Crippen LogP contribution in [-0.2, 0) is 6.42 Å². The van der Waals surface area contributed by atoms with Crippen LogP contribution in [0.4, 0.5) is 5.82 Å². The molecule has 2 N–H and O–H groups in total. The van der Waals surface area contributed by atoms with Crippen LogP contribution in [0.5, 0.6) is 17.2 Å². The van der Waals surface area contributed by atoms with E-state index in [0.29, 0.717) is 12.2 Å². The molecule has 2 aromatic carbocycles. The summed E-state index contributed by atoms with van der Waals surface area (Å²) in [4.78, 5) is 5.24. The summed E-state index contributed by atoms with van der Waals surface area (Å²) in [6.07, 6.45) is 2.51. The summed E-state index contributed by atoms with van der Waals surface area (Å²) in [5, 5.41) is 8.42. The van der Waals surface area contributed by atoms with Crippen LogP contribution in [0.1, 0.15) is 11.3 Å². The van der Waals surface area contributed by atoms with Crippen molar-refractivity contribution in [3.05, 3.63) is 66.0 Å². The monoisotopic (exact) mass is 422 g/mol. The Hall–Kier alpha value is -3.39. The van der Waals surface area contributed by atoms with Crippen molar-refractivity contribution in [3.63, 3.8) is 0 Å². The number of hydrogen-bond acceptors (Lipinski definition) is 7. The molecule has 4 rings (SSSR count). The van der Waals surface area contributed by atoms with Gasteiger partial charge in [0, 0.05) is 18.3 Å². The van der Waals surface area contributed by atoms with Crippen molar-refractivity contribution in [1.82, 2.24) is 15.2 Å². The maximum atomic E-state index is 5.67. The van der Waals surface area contributed by atoms with E-state index in [2.05, 4.69) is 26.0 Å². The SMILES string of the molecule is COc1cccc(OC)c1SNc1n[nH]c2cc(Cc3ccccn3)cc(OC)c12. The highest BCUT2D eigenvalue weighted by molar-refractivity contribution is 8.00. The van der Waals surface area contributed by atoms with E-state index in [1.165, 1.54) is 11.9 Å². The van der Waals surface area contributed by atoms with Crippen LogP contribution >= 0.6 is 11.9 Å². The molecule has 0 fully saturated rings. The predicted molar refractivity (Wildman–Crippen MR) is 119 cm³/mol. The lowest BCUT2D eigenvalue weighted by molar-refractivity contribution is 0.376. The Kier molecular flexibility index (Phi) is 5.94. The molecule has 154 valence electrons. The highest BCUT2D eigenvalue weighted by atomic mass is 32.2. The third-order valence-electron chi connectivity index (χ3n) is 4.65. The molecule has 2 aromatic heterocycles. The number of benzene rings is 2. The van der Waals surface area contributed by atoms with E-state index in [-0.39, 0.29) is 0 Å². The summed E-state index contributed by atoms with van der Waals surface area (Å²) >= 11 is 1.37. The fourth-order valence-electron chi connectivity index (χ4n) is 3.24. The van der Waals surface area contributed by atoms with Crippen LogP contribution in [-0.4, -0.2) is 36.5 Å². The minimum Gasteiger partial charge on any atom is -0.496 e. The fourth-order valence-corrected chi connectivity index (χ4v) is 4.09. The normalized spacial score (nSPS) is 10.8. The lowest BCUT2D eigenvalue weighted by Crippen LogP contribution is -1.96. The van der Waals surface area contributed by atoms with Crippen molar-refractivity contribution >= 4 is 28.7 Å². The average Bonchev–Trinajstić information content (AvgIpc) is 3.20. The Labute approximate surface area is 178 Å². The van der Waals surface area contributed by atoms with Crippen LogP contribution in [0.2, 0.25) is 0 Å². The quantitative estimate of drug-likeness (QED) is 0.399. The smallest absolute Gasteiger partial charge is 0.169 e. The largest absolute Gasteiger partial charge is 0.496 e. The van der Waals surface area contributed by atoms with E-state index in [0.717, 1.165) is 44.3 Å². The van der Waals surface area contributed by atoms with E-state index in [9.17, 15) is 0 Å². The molecule has 0 saturated carbocycles. The first-order chi connectivity index (χ1) is 14.7. The summed E-state index contributed by atoms with van der Waals surface area (Å²) < 4.78 is 19.9. The first-order valence-corrected chi connectivity index (χ1v) is 10.1. The Morgan fingerprint density at radius 3 is 2.37 bits per heavy atom. The third kappa shape index (κ3) is 3.99. The van der Waals surface area contributed by atoms with Crippen LogP contribution in [0.25, 0.3) is 10.9 Å². The lowest BCUT2D eigenvalue weighted by atomic mass is 10.1. The topological polar surface area (TPSA) is 81.3 Å². The summed E-state index contributed by atoms with van der Waals surface area (Å²) in [6, 6.07) is 15.7. The maximum Gasteiger partial charge on any atom is 0.169 e. The standard InChI is InChI=1S/C22H22N4O3S/c1-27-17-8-6-9-18(28-2)21(17)30-26-22-20-16(24-25-22)12-14(13-19(20)29-3)11-15-7-4-5-10-23-15/h4-10,12-13H,11H2,1-3H3,(H2,24,25,26). The van der Waals surface area contributed by atoms with E-state index in [4.69, 9.17) is 14.2 Å². The Morgan fingerprint density at radius 1 is 0.933 bits per heavy atom. The number of ether oxygens (including phenoxy) is 3. The molecule has 0 spiro atoms.